The molecule has 112 valence electrons. The Morgan fingerprint density at radius 2 is 1.91 bits per heavy atom. The van der Waals surface area contributed by atoms with Crippen molar-refractivity contribution in [2.45, 2.75) is 12.3 Å². The van der Waals surface area contributed by atoms with Gasteiger partial charge in [0.2, 0.25) is 6.79 Å². The van der Waals surface area contributed by atoms with Gasteiger partial charge in [-0.15, -0.1) is 0 Å². The highest BCUT2D eigenvalue weighted by molar-refractivity contribution is 5.46. The molecule has 0 amide bonds. The van der Waals surface area contributed by atoms with E-state index in [1.165, 1.54) is 12.1 Å². The zero-order chi connectivity index (χ0) is 15.4. The molecule has 0 saturated carbocycles. The lowest BCUT2D eigenvalue weighted by Crippen LogP contribution is -2.04. The Morgan fingerprint density at radius 1 is 1.14 bits per heavy atom. The molecule has 0 spiro atoms. The SMILES string of the molecule is N#CC(CCOc1ccc2c(c1)OCO2)c1ccc(F)cc1. The summed E-state index contributed by atoms with van der Waals surface area (Å²) in [5, 5.41) is 9.24. The van der Waals surface area contributed by atoms with Gasteiger partial charge in [-0.25, -0.2) is 4.39 Å². The maximum atomic E-state index is 12.9. The van der Waals surface area contributed by atoms with Crippen LogP contribution < -0.4 is 14.2 Å². The van der Waals surface area contributed by atoms with Crippen LogP contribution in [0.15, 0.2) is 42.5 Å². The Bertz CT molecular complexity index is 694. The van der Waals surface area contributed by atoms with E-state index in [2.05, 4.69) is 6.07 Å². The number of halogens is 1. The molecule has 0 aromatic heterocycles. The Morgan fingerprint density at radius 3 is 2.68 bits per heavy atom. The molecule has 4 nitrogen and oxygen atoms in total. The van der Waals surface area contributed by atoms with E-state index in [1.54, 1.807) is 30.3 Å². The first-order valence-corrected chi connectivity index (χ1v) is 6.94. The highest BCUT2D eigenvalue weighted by atomic mass is 19.1. The molecule has 22 heavy (non-hydrogen) atoms. The van der Waals surface area contributed by atoms with Gasteiger partial charge in [0.25, 0.3) is 0 Å². The summed E-state index contributed by atoms with van der Waals surface area (Å²) in [6.07, 6.45) is 0.524. The molecule has 1 heterocycles. The molecular weight excluding hydrogens is 285 g/mol. The van der Waals surface area contributed by atoms with Crippen molar-refractivity contribution in [3.8, 4) is 23.3 Å². The molecular formula is C17H14FNO3. The highest BCUT2D eigenvalue weighted by Crippen LogP contribution is 2.35. The Kier molecular flexibility index (Phi) is 4.10. The summed E-state index contributed by atoms with van der Waals surface area (Å²) in [6, 6.07) is 13.6. The van der Waals surface area contributed by atoms with Gasteiger partial charge < -0.3 is 14.2 Å². The summed E-state index contributed by atoms with van der Waals surface area (Å²) in [5.74, 6) is 1.40. The van der Waals surface area contributed by atoms with E-state index in [1.807, 2.05) is 0 Å². The average Bonchev–Trinajstić information content (AvgIpc) is 3.00. The smallest absolute Gasteiger partial charge is 0.231 e. The summed E-state index contributed by atoms with van der Waals surface area (Å²) < 4.78 is 29.1. The van der Waals surface area contributed by atoms with Crippen LogP contribution >= 0.6 is 0 Å². The van der Waals surface area contributed by atoms with Crippen molar-refractivity contribution in [2.75, 3.05) is 13.4 Å². The fraction of sp³-hybridized carbons (Fsp3) is 0.235. The monoisotopic (exact) mass is 299 g/mol. The molecule has 1 aliphatic heterocycles. The van der Waals surface area contributed by atoms with E-state index < -0.39 is 0 Å². The van der Waals surface area contributed by atoms with Crippen LogP contribution in [0.25, 0.3) is 0 Å². The number of rotatable bonds is 5. The van der Waals surface area contributed by atoms with Crippen molar-refractivity contribution in [3.05, 3.63) is 53.8 Å². The average molecular weight is 299 g/mol. The lowest BCUT2D eigenvalue weighted by molar-refractivity contribution is 0.173. The zero-order valence-electron chi connectivity index (χ0n) is 11.8. The van der Waals surface area contributed by atoms with Crippen LogP contribution in [0, 0.1) is 17.1 Å². The zero-order valence-corrected chi connectivity index (χ0v) is 11.8. The summed E-state index contributed by atoms with van der Waals surface area (Å²) in [6.45, 7) is 0.606. The maximum absolute atomic E-state index is 12.9. The van der Waals surface area contributed by atoms with Gasteiger partial charge in [-0.3, -0.25) is 0 Å². The van der Waals surface area contributed by atoms with Gasteiger partial charge in [0.05, 0.1) is 18.6 Å². The quantitative estimate of drug-likeness (QED) is 0.846. The fourth-order valence-electron chi connectivity index (χ4n) is 2.26. The standard InChI is InChI=1S/C17H14FNO3/c18-14-3-1-12(2-4-14)13(10-19)7-8-20-15-5-6-16-17(9-15)22-11-21-16/h1-6,9,13H,7-8,11H2. The third kappa shape index (κ3) is 3.12. The summed E-state index contributed by atoms with van der Waals surface area (Å²) in [5.41, 5.74) is 0.790. The second kappa shape index (κ2) is 6.35. The van der Waals surface area contributed by atoms with Crippen LogP contribution in [0.3, 0.4) is 0 Å². The van der Waals surface area contributed by atoms with Gasteiger partial charge in [-0.05, 0) is 29.8 Å². The molecule has 5 heteroatoms. The molecule has 0 fully saturated rings. The minimum atomic E-state index is -0.324. The van der Waals surface area contributed by atoms with Gasteiger partial charge in [0.1, 0.15) is 11.6 Å². The molecule has 0 aliphatic carbocycles. The number of hydrogen-bond acceptors (Lipinski definition) is 4. The van der Waals surface area contributed by atoms with Crippen LogP contribution in [0.5, 0.6) is 17.2 Å². The number of nitrogens with zero attached hydrogens (tertiary/aromatic N) is 1. The second-order valence-corrected chi connectivity index (χ2v) is 4.89. The molecule has 2 aromatic carbocycles. The minimum absolute atomic E-state index is 0.222. The van der Waals surface area contributed by atoms with Crippen LogP contribution in [-0.4, -0.2) is 13.4 Å². The predicted octanol–water partition coefficient (Wildman–Crippen LogP) is 3.63. The van der Waals surface area contributed by atoms with Crippen LogP contribution in [0.4, 0.5) is 4.39 Å². The lowest BCUT2D eigenvalue weighted by Gasteiger charge is -2.11. The van der Waals surface area contributed by atoms with E-state index in [4.69, 9.17) is 14.2 Å². The largest absolute Gasteiger partial charge is 0.493 e. The van der Waals surface area contributed by atoms with E-state index in [0.717, 1.165) is 5.56 Å². The molecule has 0 radical (unpaired) electrons. The van der Waals surface area contributed by atoms with Crippen molar-refractivity contribution in [1.82, 2.24) is 0 Å². The number of nitriles is 1. The van der Waals surface area contributed by atoms with Gasteiger partial charge in [0.15, 0.2) is 11.5 Å². The number of benzene rings is 2. The number of hydrogen-bond donors (Lipinski definition) is 0. The van der Waals surface area contributed by atoms with Crippen LogP contribution in [0.1, 0.15) is 17.9 Å². The van der Waals surface area contributed by atoms with Gasteiger partial charge in [-0.1, -0.05) is 12.1 Å². The van der Waals surface area contributed by atoms with Gasteiger partial charge in [-0.2, -0.15) is 5.26 Å². The Hall–Kier alpha value is -2.74. The van der Waals surface area contributed by atoms with E-state index in [-0.39, 0.29) is 18.5 Å². The fourth-order valence-corrected chi connectivity index (χ4v) is 2.26. The number of fused-ring (bicyclic) bond motifs is 1. The first kappa shape index (κ1) is 14.2. The molecule has 0 bridgehead atoms. The molecule has 1 atom stereocenters. The van der Waals surface area contributed by atoms with Crippen LogP contribution in [0.2, 0.25) is 0 Å². The van der Waals surface area contributed by atoms with Crippen molar-refractivity contribution in [1.29, 1.82) is 5.26 Å². The Balaban J connectivity index is 1.57. The van der Waals surface area contributed by atoms with Gasteiger partial charge in [0, 0.05) is 12.5 Å². The Labute approximate surface area is 127 Å². The van der Waals surface area contributed by atoms with Crippen molar-refractivity contribution in [3.63, 3.8) is 0 Å². The predicted molar refractivity (Wildman–Crippen MR) is 77.4 cm³/mol. The molecule has 0 saturated heterocycles. The second-order valence-electron chi connectivity index (χ2n) is 4.89. The molecule has 2 aromatic rings. The van der Waals surface area contributed by atoms with E-state index >= 15 is 0 Å². The van der Waals surface area contributed by atoms with Crippen molar-refractivity contribution >= 4 is 0 Å². The molecule has 3 rings (SSSR count). The maximum Gasteiger partial charge on any atom is 0.231 e. The normalized spacial score (nSPS) is 13.5. The van der Waals surface area contributed by atoms with Gasteiger partial charge >= 0.3 is 0 Å². The number of ether oxygens (including phenoxy) is 3. The first-order valence-electron chi connectivity index (χ1n) is 6.94. The molecule has 1 unspecified atom stereocenters. The summed E-state index contributed by atoms with van der Waals surface area (Å²) >= 11 is 0. The van der Waals surface area contributed by atoms with Crippen molar-refractivity contribution < 1.29 is 18.6 Å². The van der Waals surface area contributed by atoms with Crippen molar-refractivity contribution in [2.24, 2.45) is 0 Å². The van der Waals surface area contributed by atoms with Crippen LogP contribution in [-0.2, 0) is 0 Å². The summed E-state index contributed by atoms with van der Waals surface area (Å²) in [7, 11) is 0. The first-order chi connectivity index (χ1) is 10.8. The topological polar surface area (TPSA) is 51.5 Å². The summed E-state index contributed by atoms with van der Waals surface area (Å²) in [4.78, 5) is 0. The molecule has 0 N–H and O–H groups in total. The highest BCUT2D eigenvalue weighted by Gasteiger charge is 2.15. The molecule has 1 aliphatic rings. The third-order valence-corrected chi connectivity index (χ3v) is 3.45. The third-order valence-electron chi connectivity index (χ3n) is 3.45. The minimum Gasteiger partial charge on any atom is -0.493 e. The lowest BCUT2D eigenvalue weighted by atomic mass is 9.98. The van der Waals surface area contributed by atoms with E-state index in [9.17, 15) is 9.65 Å². The van der Waals surface area contributed by atoms with E-state index in [0.29, 0.717) is 30.3 Å².